The van der Waals surface area contributed by atoms with Gasteiger partial charge in [0, 0.05) is 6.42 Å². The molecule has 0 spiro atoms. The highest BCUT2D eigenvalue weighted by Gasteiger charge is 2.42. The van der Waals surface area contributed by atoms with E-state index in [0.29, 0.717) is 5.56 Å². The van der Waals surface area contributed by atoms with E-state index in [1.165, 1.54) is 0 Å². The fraction of sp³-hybridized carbons (Fsp3) is 0.533. The summed E-state index contributed by atoms with van der Waals surface area (Å²) < 4.78 is 39.2. The molecule has 2 atom stereocenters. The largest absolute Gasteiger partial charge is 0.408 e. The molecule has 0 saturated carbocycles. The highest BCUT2D eigenvalue weighted by Crippen LogP contribution is 2.24. The lowest BCUT2D eigenvalue weighted by Crippen LogP contribution is -2.55. The molecular formula is C15H22ClF3N2O. The van der Waals surface area contributed by atoms with E-state index in [9.17, 15) is 18.0 Å². The Morgan fingerprint density at radius 2 is 1.68 bits per heavy atom. The average Bonchev–Trinajstić information content (AvgIpc) is 2.36. The smallest absolute Gasteiger partial charge is 0.343 e. The van der Waals surface area contributed by atoms with Crippen LogP contribution in [-0.4, -0.2) is 24.2 Å². The van der Waals surface area contributed by atoms with E-state index in [2.05, 4.69) is 0 Å². The Morgan fingerprint density at radius 3 is 2.09 bits per heavy atom. The van der Waals surface area contributed by atoms with Crippen molar-refractivity contribution in [3.63, 3.8) is 0 Å². The number of nitrogens with two attached hydrogens (primary N) is 1. The molecule has 0 aliphatic rings. The lowest BCUT2D eigenvalue weighted by atomic mass is 9.86. The molecule has 0 heterocycles. The maximum Gasteiger partial charge on any atom is 0.408 e. The Labute approximate surface area is 134 Å². The predicted molar refractivity (Wildman–Crippen MR) is 82.8 cm³/mol. The van der Waals surface area contributed by atoms with Crippen molar-refractivity contribution in [3.05, 3.63) is 35.9 Å². The molecule has 3 N–H and O–H groups in total. The highest BCUT2D eigenvalue weighted by atomic mass is 35.5. The average molecular weight is 339 g/mol. The van der Waals surface area contributed by atoms with Gasteiger partial charge in [-0.1, -0.05) is 51.1 Å². The van der Waals surface area contributed by atoms with Crippen LogP contribution in [0.5, 0.6) is 0 Å². The molecule has 0 aliphatic heterocycles. The van der Waals surface area contributed by atoms with Crippen molar-refractivity contribution in [1.29, 1.82) is 0 Å². The third kappa shape index (κ3) is 6.23. The SMILES string of the molecule is CC(C)(C)[C@H](N)C(=O)NC(Cc1ccccc1)C(F)(F)F.Cl. The van der Waals surface area contributed by atoms with Gasteiger partial charge in [-0.15, -0.1) is 12.4 Å². The highest BCUT2D eigenvalue weighted by molar-refractivity contribution is 5.85. The Hall–Kier alpha value is -1.27. The van der Waals surface area contributed by atoms with Gasteiger partial charge in [0.1, 0.15) is 6.04 Å². The Bertz CT molecular complexity index is 472. The van der Waals surface area contributed by atoms with Crippen LogP contribution >= 0.6 is 12.4 Å². The van der Waals surface area contributed by atoms with E-state index in [1.807, 2.05) is 5.32 Å². The van der Waals surface area contributed by atoms with E-state index >= 15 is 0 Å². The van der Waals surface area contributed by atoms with Crippen LogP contribution < -0.4 is 11.1 Å². The number of hydrogen-bond donors (Lipinski definition) is 2. The molecule has 1 unspecified atom stereocenters. The zero-order valence-electron chi connectivity index (χ0n) is 12.8. The molecule has 0 saturated heterocycles. The molecule has 7 heteroatoms. The van der Waals surface area contributed by atoms with Crippen molar-refractivity contribution in [2.75, 3.05) is 0 Å². The van der Waals surface area contributed by atoms with Gasteiger partial charge in [0.2, 0.25) is 5.91 Å². The summed E-state index contributed by atoms with van der Waals surface area (Å²) in [4.78, 5) is 11.9. The first-order valence-electron chi connectivity index (χ1n) is 6.68. The molecule has 0 bridgehead atoms. The lowest BCUT2D eigenvalue weighted by molar-refractivity contribution is -0.162. The second-order valence-electron chi connectivity index (χ2n) is 6.14. The summed E-state index contributed by atoms with van der Waals surface area (Å²) in [6.07, 6.45) is -4.84. The number of nitrogens with one attached hydrogen (secondary N) is 1. The van der Waals surface area contributed by atoms with Crippen molar-refractivity contribution in [2.24, 2.45) is 11.1 Å². The number of alkyl halides is 3. The zero-order valence-corrected chi connectivity index (χ0v) is 13.6. The molecular weight excluding hydrogens is 317 g/mol. The number of carbonyl (C=O) groups is 1. The van der Waals surface area contributed by atoms with Gasteiger partial charge >= 0.3 is 6.18 Å². The van der Waals surface area contributed by atoms with Gasteiger partial charge in [0.25, 0.3) is 0 Å². The van der Waals surface area contributed by atoms with Crippen molar-refractivity contribution < 1.29 is 18.0 Å². The van der Waals surface area contributed by atoms with Gasteiger partial charge in [0.15, 0.2) is 0 Å². The Kier molecular flexibility index (Phi) is 7.38. The minimum absolute atomic E-state index is 0. The first-order chi connectivity index (χ1) is 9.51. The van der Waals surface area contributed by atoms with Crippen LogP contribution in [-0.2, 0) is 11.2 Å². The summed E-state index contributed by atoms with van der Waals surface area (Å²) in [5.74, 6) is -0.791. The third-order valence-electron chi connectivity index (χ3n) is 3.21. The summed E-state index contributed by atoms with van der Waals surface area (Å²) in [7, 11) is 0. The second-order valence-corrected chi connectivity index (χ2v) is 6.14. The number of benzene rings is 1. The monoisotopic (exact) mass is 338 g/mol. The fourth-order valence-corrected chi connectivity index (χ4v) is 1.75. The van der Waals surface area contributed by atoms with Gasteiger partial charge in [0.05, 0.1) is 6.04 Å². The number of rotatable bonds is 4. The predicted octanol–water partition coefficient (Wildman–Crippen LogP) is 3.07. The van der Waals surface area contributed by atoms with E-state index in [4.69, 9.17) is 5.73 Å². The van der Waals surface area contributed by atoms with E-state index in [1.54, 1.807) is 51.1 Å². The van der Waals surface area contributed by atoms with Crippen LogP contribution in [0, 0.1) is 5.41 Å². The lowest BCUT2D eigenvalue weighted by Gasteiger charge is -2.29. The first-order valence-corrected chi connectivity index (χ1v) is 6.68. The summed E-state index contributed by atoms with van der Waals surface area (Å²) in [6, 6.07) is 5.28. The number of amides is 1. The maximum absolute atomic E-state index is 13.1. The molecule has 3 nitrogen and oxygen atoms in total. The molecule has 22 heavy (non-hydrogen) atoms. The standard InChI is InChI=1S/C15H21F3N2O.ClH/c1-14(2,3)12(19)13(21)20-11(15(16,17)18)9-10-7-5-4-6-8-10;/h4-8,11-12H,9,19H2,1-3H3,(H,20,21);1H/t11?,12-;/m1./s1. The van der Waals surface area contributed by atoms with Gasteiger partial charge in [-0.25, -0.2) is 0 Å². The summed E-state index contributed by atoms with van der Waals surface area (Å²) >= 11 is 0. The molecule has 0 radical (unpaired) electrons. The van der Waals surface area contributed by atoms with Crippen LogP contribution in [0.3, 0.4) is 0 Å². The van der Waals surface area contributed by atoms with Crippen molar-refractivity contribution in [3.8, 4) is 0 Å². The molecule has 1 amide bonds. The number of carbonyl (C=O) groups excluding carboxylic acids is 1. The second kappa shape index (κ2) is 7.83. The molecule has 0 fully saturated rings. The Morgan fingerprint density at radius 1 is 1.18 bits per heavy atom. The molecule has 1 aromatic rings. The van der Waals surface area contributed by atoms with Crippen LogP contribution in [0.2, 0.25) is 0 Å². The van der Waals surface area contributed by atoms with Crippen LogP contribution in [0.1, 0.15) is 26.3 Å². The quantitative estimate of drug-likeness (QED) is 0.886. The third-order valence-corrected chi connectivity index (χ3v) is 3.21. The van der Waals surface area contributed by atoms with E-state index in [-0.39, 0.29) is 18.8 Å². The maximum atomic E-state index is 13.1. The molecule has 126 valence electrons. The van der Waals surface area contributed by atoms with Crippen molar-refractivity contribution in [1.82, 2.24) is 5.32 Å². The summed E-state index contributed by atoms with van der Waals surface area (Å²) in [6.45, 7) is 5.12. The minimum Gasteiger partial charge on any atom is -0.343 e. The zero-order chi connectivity index (χ0) is 16.3. The normalized spacial score (nSPS) is 14.7. The van der Waals surface area contributed by atoms with Crippen molar-refractivity contribution in [2.45, 2.75) is 45.5 Å². The molecule has 0 aromatic heterocycles. The molecule has 1 aromatic carbocycles. The fourth-order valence-electron chi connectivity index (χ4n) is 1.75. The number of halogens is 4. The first kappa shape index (κ1) is 20.7. The molecule has 0 aliphatic carbocycles. The van der Waals surface area contributed by atoms with Gasteiger partial charge < -0.3 is 11.1 Å². The topological polar surface area (TPSA) is 55.1 Å². The minimum atomic E-state index is -4.52. The van der Waals surface area contributed by atoms with Crippen LogP contribution in [0.25, 0.3) is 0 Å². The van der Waals surface area contributed by atoms with Crippen LogP contribution in [0.4, 0.5) is 13.2 Å². The van der Waals surface area contributed by atoms with Crippen molar-refractivity contribution >= 4 is 18.3 Å². The van der Waals surface area contributed by atoms with E-state index < -0.39 is 29.6 Å². The van der Waals surface area contributed by atoms with Gasteiger partial charge in [-0.05, 0) is 11.0 Å². The van der Waals surface area contributed by atoms with Gasteiger partial charge in [-0.3, -0.25) is 4.79 Å². The van der Waals surface area contributed by atoms with Gasteiger partial charge in [-0.2, -0.15) is 13.2 Å². The summed E-state index contributed by atoms with van der Waals surface area (Å²) in [5, 5.41) is 2.02. The number of hydrogen-bond acceptors (Lipinski definition) is 2. The van der Waals surface area contributed by atoms with Crippen LogP contribution in [0.15, 0.2) is 30.3 Å². The van der Waals surface area contributed by atoms with E-state index in [0.717, 1.165) is 0 Å². The summed E-state index contributed by atoms with van der Waals surface area (Å²) in [5.41, 5.74) is 5.60. The molecule has 1 rings (SSSR count). The Balaban J connectivity index is 0.00000441.